The summed E-state index contributed by atoms with van der Waals surface area (Å²) in [6.45, 7) is 6.13. The largest absolute Gasteiger partial charge is 0.388 e. The van der Waals surface area contributed by atoms with Crippen LogP contribution in [0.3, 0.4) is 0 Å². The van der Waals surface area contributed by atoms with E-state index in [2.05, 4.69) is 9.80 Å². The molecule has 0 amide bonds. The van der Waals surface area contributed by atoms with Crippen LogP contribution in [0.5, 0.6) is 0 Å². The average Bonchev–Trinajstić information content (AvgIpc) is 3.27. The Morgan fingerprint density at radius 1 is 1.00 bits per heavy atom. The first-order valence-corrected chi connectivity index (χ1v) is 13.7. The van der Waals surface area contributed by atoms with Crippen molar-refractivity contribution in [2.75, 3.05) is 44.3 Å². The molecule has 3 aliphatic rings. The second-order valence-electron chi connectivity index (χ2n) is 9.92. The van der Waals surface area contributed by atoms with Gasteiger partial charge in [-0.3, -0.25) is 4.90 Å². The Bertz CT molecular complexity index is 1120. The number of rotatable bonds is 5. The third-order valence-electron chi connectivity index (χ3n) is 7.74. The van der Waals surface area contributed by atoms with Gasteiger partial charge >= 0.3 is 0 Å². The van der Waals surface area contributed by atoms with Crippen molar-refractivity contribution in [3.05, 3.63) is 52.2 Å². The summed E-state index contributed by atoms with van der Waals surface area (Å²) in [6.07, 6.45) is 6.45. The van der Waals surface area contributed by atoms with Gasteiger partial charge in [-0.05, 0) is 55.6 Å². The molecule has 1 aliphatic carbocycles. The molecule has 0 saturated carbocycles. The summed E-state index contributed by atoms with van der Waals surface area (Å²) in [5.41, 5.74) is 2.54. The number of fused-ring (bicyclic) bond motifs is 3. The summed E-state index contributed by atoms with van der Waals surface area (Å²) in [7, 11) is 0. The summed E-state index contributed by atoms with van der Waals surface area (Å²) in [6, 6.07) is 10.1. The molecule has 180 valence electrons. The fraction of sp³-hybridized carbons (Fsp3) is 0.556. The summed E-state index contributed by atoms with van der Waals surface area (Å²) in [5, 5.41) is 12.3. The molecule has 1 atom stereocenters. The van der Waals surface area contributed by atoms with Gasteiger partial charge in [0.05, 0.1) is 31.2 Å². The van der Waals surface area contributed by atoms with E-state index >= 15 is 0 Å². The third-order valence-corrected chi connectivity index (χ3v) is 8.92. The lowest BCUT2D eigenvalue weighted by atomic mass is 9.87. The monoisotopic (exact) mass is 478 g/mol. The summed E-state index contributed by atoms with van der Waals surface area (Å²) in [4.78, 5) is 17.9. The SMILES string of the molecule is OC(c1ccccc1)C1CCN(c2nc(CN3CCOCC3)nc3sc4c(c23)CCCC4)CC1. The third kappa shape index (κ3) is 4.47. The lowest BCUT2D eigenvalue weighted by molar-refractivity contribution is 0.0331. The maximum atomic E-state index is 11.0. The molecule has 0 spiro atoms. The summed E-state index contributed by atoms with van der Waals surface area (Å²) < 4.78 is 5.53. The molecule has 6 nitrogen and oxygen atoms in total. The van der Waals surface area contributed by atoms with Crippen LogP contribution in [0.1, 0.15) is 53.6 Å². The highest BCUT2D eigenvalue weighted by atomic mass is 32.1. The number of anilines is 1. The highest BCUT2D eigenvalue weighted by Crippen LogP contribution is 2.41. The van der Waals surface area contributed by atoms with E-state index in [-0.39, 0.29) is 6.10 Å². The van der Waals surface area contributed by atoms with Crippen molar-refractivity contribution in [3.8, 4) is 0 Å². The van der Waals surface area contributed by atoms with E-state index in [1.807, 2.05) is 41.7 Å². The minimum atomic E-state index is -0.389. The molecule has 7 heteroatoms. The topological polar surface area (TPSA) is 61.7 Å². The van der Waals surface area contributed by atoms with E-state index in [4.69, 9.17) is 14.7 Å². The first-order valence-electron chi connectivity index (χ1n) is 12.9. The van der Waals surface area contributed by atoms with Gasteiger partial charge in [-0.1, -0.05) is 30.3 Å². The molecule has 1 unspecified atom stereocenters. The van der Waals surface area contributed by atoms with Gasteiger partial charge < -0.3 is 14.7 Å². The first kappa shape index (κ1) is 22.4. The van der Waals surface area contributed by atoms with E-state index in [0.29, 0.717) is 5.92 Å². The van der Waals surface area contributed by atoms with Crippen LogP contribution in [0, 0.1) is 5.92 Å². The minimum absolute atomic E-state index is 0.292. The number of morpholine rings is 1. The molecule has 6 rings (SSSR count). The molecule has 2 saturated heterocycles. The van der Waals surface area contributed by atoms with Crippen molar-refractivity contribution in [1.82, 2.24) is 14.9 Å². The summed E-state index contributed by atoms with van der Waals surface area (Å²) in [5.74, 6) is 2.37. The minimum Gasteiger partial charge on any atom is -0.388 e. The van der Waals surface area contributed by atoms with Gasteiger partial charge in [0, 0.05) is 31.1 Å². The Kier molecular flexibility index (Phi) is 6.52. The van der Waals surface area contributed by atoms with E-state index in [1.165, 1.54) is 39.9 Å². The van der Waals surface area contributed by atoms with Crippen LogP contribution in [-0.2, 0) is 24.1 Å². The maximum Gasteiger partial charge on any atom is 0.146 e. The lowest BCUT2D eigenvalue weighted by Gasteiger charge is -2.35. The van der Waals surface area contributed by atoms with Crippen molar-refractivity contribution in [3.63, 3.8) is 0 Å². The number of hydrogen-bond acceptors (Lipinski definition) is 7. The van der Waals surface area contributed by atoms with Crippen LogP contribution in [0.25, 0.3) is 10.2 Å². The molecule has 1 N–H and O–H groups in total. The molecule has 1 aromatic carbocycles. The van der Waals surface area contributed by atoms with Crippen LogP contribution in [-0.4, -0.2) is 59.4 Å². The van der Waals surface area contributed by atoms with Crippen molar-refractivity contribution < 1.29 is 9.84 Å². The predicted octanol–water partition coefficient (Wildman–Crippen LogP) is 4.35. The Labute approximate surface area is 205 Å². The van der Waals surface area contributed by atoms with Crippen LogP contribution < -0.4 is 4.90 Å². The van der Waals surface area contributed by atoms with Gasteiger partial charge in [-0.2, -0.15) is 0 Å². The zero-order chi connectivity index (χ0) is 22.9. The van der Waals surface area contributed by atoms with Crippen LogP contribution in [0.2, 0.25) is 0 Å². The number of aliphatic hydroxyl groups is 1. The van der Waals surface area contributed by atoms with E-state index < -0.39 is 0 Å². The number of nitrogens with zero attached hydrogens (tertiary/aromatic N) is 4. The molecule has 34 heavy (non-hydrogen) atoms. The Morgan fingerprint density at radius 2 is 1.76 bits per heavy atom. The van der Waals surface area contributed by atoms with Gasteiger partial charge in [-0.25, -0.2) is 9.97 Å². The van der Waals surface area contributed by atoms with Crippen molar-refractivity contribution in [2.24, 2.45) is 5.92 Å². The number of hydrogen-bond donors (Lipinski definition) is 1. The highest BCUT2D eigenvalue weighted by Gasteiger charge is 2.30. The van der Waals surface area contributed by atoms with E-state index in [0.717, 1.165) is 82.4 Å². The lowest BCUT2D eigenvalue weighted by Crippen LogP contribution is -2.37. The fourth-order valence-electron chi connectivity index (χ4n) is 5.79. The molecule has 2 aromatic heterocycles. The van der Waals surface area contributed by atoms with Crippen molar-refractivity contribution in [1.29, 1.82) is 0 Å². The Balaban J connectivity index is 1.28. The van der Waals surface area contributed by atoms with Crippen molar-refractivity contribution in [2.45, 2.75) is 51.2 Å². The highest BCUT2D eigenvalue weighted by molar-refractivity contribution is 7.19. The van der Waals surface area contributed by atoms with Crippen molar-refractivity contribution >= 4 is 27.4 Å². The normalized spacial score (nSPS) is 21.0. The first-order chi connectivity index (χ1) is 16.8. The van der Waals surface area contributed by atoms with Gasteiger partial charge in [0.2, 0.25) is 0 Å². The molecule has 4 heterocycles. The second kappa shape index (κ2) is 9.90. The summed E-state index contributed by atoms with van der Waals surface area (Å²) >= 11 is 1.90. The molecular formula is C27H34N4O2S. The molecule has 2 fully saturated rings. The number of aromatic nitrogens is 2. The Hall–Kier alpha value is -2.06. The molecule has 2 aliphatic heterocycles. The zero-order valence-electron chi connectivity index (χ0n) is 19.8. The Morgan fingerprint density at radius 3 is 2.56 bits per heavy atom. The van der Waals surface area contributed by atoms with E-state index in [9.17, 15) is 5.11 Å². The fourth-order valence-corrected chi connectivity index (χ4v) is 7.06. The number of thiophene rings is 1. The quantitative estimate of drug-likeness (QED) is 0.588. The standard InChI is InChI=1S/C27H34N4O2S/c32-25(19-6-2-1-3-7-19)20-10-12-31(13-11-20)26-24-21-8-4-5-9-22(21)34-27(24)29-23(28-26)18-30-14-16-33-17-15-30/h1-3,6-7,20,25,32H,4-5,8-18H2. The number of ether oxygens (including phenoxy) is 1. The molecular weight excluding hydrogens is 444 g/mol. The average molecular weight is 479 g/mol. The molecule has 0 radical (unpaired) electrons. The van der Waals surface area contributed by atoms with Crippen LogP contribution in [0.15, 0.2) is 30.3 Å². The van der Waals surface area contributed by atoms with E-state index in [1.54, 1.807) is 0 Å². The van der Waals surface area contributed by atoms with Gasteiger partial charge in [0.1, 0.15) is 16.5 Å². The zero-order valence-corrected chi connectivity index (χ0v) is 20.6. The maximum absolute atomic E-state index is 11.0. The van der Waals surface area contributed by atoms with Gasteiger partial charge in [-0.15, -0.1) is 11.3 Å². The van der Waals surface area contributed by atoms with Crippen LogP contribution in [0.4, 0.5) is 5.82 Å². The predicted molar refractivity (Wildman–Crippen MR) is 136 cm³/mol. The molecule has 3 aromatic rings. The molecule has 0 bridgehead atoms. The number of piperidine rings is 1. The smallest absolute Gasteiger partial charge is 0.146 e. The number of aryl methyl sites for hydroxylation is 2. The van der Waals surface area contributed by atoms with Gasteiger partial charge in [0.15, 0.2) is 0 Å². The second-order valence-corrected chi connectivity index (χ2v) is 11.0. The number of aliphatic hydroxyl groups excluding tert-OH is 1. The van der Waals surface area contributed by atoms with Gasteiger partial charge in [0.25, 0.3) is 0 Å². The number of benzene rings is 1. The van der Waals surface area contributed by atoms with Crippen LogP contribution >= 0.6 is 11.3 Å².